The fourth-order valence-electron chi connectivity index (χ4n) is 10.0. The summed E-state index contributed by atoms with van der Waals surface area (Å²) in [5, 5.41) is 38.7. The van der Waals surface area contributed by atoms with Crippen LogP contribution in [-0.2, 0) is 19.0 Å². The number of aliphatic hydroxyl groups excluding tert-OH is 3. The van der Waals surface area contributed by atoms with Gasteiger partial charge in [0.15, 0.2) is 6.23 Å². The lowest BCUT2D eigenvalue weighted by atomic mass is 9.37. The van der Waals surface area contributed by atoms with Gasteiger partial charge in [0.05, 0.1) is 31.0 Å². The monoisotopic (exact) mass is 648 g/mol. The second-order valence-corrected chi connectivity index (χ2v) is 14.8. The lowest BCUT2D eigenvalue weighted by Gasteiger charge is -2.68. The zero-order valence-electron chi connectivity index (χ0n) is 27.2. The van der Waals surface area contributed by atoms with E-state index in [2.05, 4.69) is 31.4 Å². The molecule has 0 bridgehead atoms. The smallest absolute Gasteiger partial charge is 0.375 e. The van der Waals surface area contributed by atoms with Gasteiger partial charge in [-0.1, -0.05) is 39.3 Å². The topological polar surface area (TPSA) is 147 Å². The number of rotatable bonds is 9. The minimum absolute atomic E-state index is 0.0259. The molecular weight excluding hydrogens is 600 g/mol. The predicted octanol–water partition coefficient (Wildman–Crippen LogP) is 4.69. The van der Waals surface area contributed by atoms with Crippen LogP contribution in [0.25, 0.3) is 0 Å². The molecule has 0 spiro atoms. The zero-order valence-corrected chi connectivity index (χ0v) is 27.9. The first-order valence-corrected chi connectivity index (χ1v) is 16.5. The van der Waals surface area contributed by atoms with Crippen LogP contribution in [0.4, 0.5) is 5.69 Å². The number of benzene rings is 1. The molecule has 5 N–H and O–H groups in total. The van der Waals surface area contributed by atoms with E-state index in [1.54, 1.807) is 32.4 Å². The number of carbonyl (C=O) groups excluding carboxylic acids is 2. The fraction of sp³-hybridized carbons (Fsp3) is 0.706. The molecular formula is C34H49ClN2O8. The Labute approximate surface area is 270 Å². The minimum atomic E-state index is -0.831. The molecule has 11 heteroatoms. The van der Waals surface area contributed by atoms with Crippen molar-refractivity contribution in [2.24, 2.45) is 39.9 Å². The normalized spacial score (nSPS) is 39.6. The van der Waals surface area contributed by atoms with E-state index in [4.69, 9.17) is 25.8 Å². The van der Waals surface area contributed by atoms with Crippen molar-refractivity contribution in [2.75, 3.05) is 39.2 Å². The highest BCUT2D eigenvalue weighted by Crippen LogP contribution is 2.70. The van der Waals surface area contributed by atoms with Crippen LogP contribution in [0.2, 0.25) is 5.02 Å². The molecule has 250 valence electrons. The van der Waals surface area contributed by atoms with Crippen LogP contribution in [-0.4, -0.2) is 79.6 Å². The summed E-state index contributed by atoms with van der Waals surface area (Å²) >= 11 is 6.20. The molecule has 3 aliphatic carbocycles. The van der Waals surface area contributed by atoms with Crippen LogP contribution in [0.1, 0.15) is 70.2 Å². The van der Waals surface area contributed by atoms with Crippen LogP contribution in [0.5, 0.6) is 0 Å². The predicted molar refractivity (Wildman–Crippen MR) is 170 cm³/mol. The van der Waals surface area contributed by atoms with Crippen LogP contribution in [0.3, 0.4) is 0 Å². The van der Waals surface area contributed by atoms with Gasteiger partial charge in [0.2, 0.25) is 5.76 Å². The number of methoxy groups -OCH3 is 1. The van der Waals surface area contributed by atoms with E-state index in [9.17, 15) is 24.9 Å². The lowest BCUT2D eigenvalue weighted by Crippen LogP contribution is -2.65. The Bertz CT molecular complexity index is 1340. The molecule has 1 aromatic rings. The summed E-state index contributed by atoms with van der Waals surface area (Å²) in [6, 6.07) is 5.03. The van der Waals surface area contributed by atoms with Gasteiger partial charge in [0, 0.05) is 42.4 Å². The molecule has 1 aromatic carbocycles. The number of carbonyl (C=O) groups is 2. The van der Waals surface area contributed by atoms with Crippen LogP contribution < -0.4 is 10.6 Å². The molecule has 5 rings (SSSR count). The first-order valence-electron chi connectivity index (χ1n) is 16.1. The molecule has 4 aliphatic rings. The van der Waals surface area contributed by atoms with Crippen molar-refractivity contribution in [3.8, 4) is 0 Å². The largest absolute Gasteiger partial charge is 0.502 e. The Balaban J connectivity index is 1.49. The van der Waals surface area contributed by atoms with Gasteiger partial charge >= 0.3 is 11.9 Å². The number of esters is 2. The standard InChI is InChI=1S/C34H49ClN2O8/c1-18-22(43-6)16-24-32(2)12-10-25(39)34(4,17-44-30(41)20-15-19(35)7-8-21(20)36-5)23(32)9-11-33(24,3)27(18)26-28(40)31(42)45-29(26)37-13-14-38/h7-8,15,18,22-25,27,29,36-40H,9-14,16-17H2,1-6H3/t18-,22+,23-,24-,25+,27-,29-,32+,33+,34+/m1/s1. The van der Waals surface area contributed by atoms with Crippen molar-refractivity contribution in [1.29, 1.82) is 0 Å². The third-order valence-electron chi connectivity index (χ3n) is 12.2. The van der Waals surface area contributed by atoms with E-state index in [1.165, 1.54) is 0 Å². The number of cyclic esters (lactones) is 1. The van der Waals surface area contributed by atoms with Crippen LogP contribution in [0, 0.1) is 39.9 Å². The van der Waals surface area contributed by atoms with Crippen molar-refractivity contribution < 1.29 is 39.1 Å². The number of halogens is 1. The van der Waals surface area contributed by atoms with Gasteiger partial charge in [-0.3, -0.25) is 5.32 Å². The molecule has 0 aromatic heterocycles. The third-order valence-corrected chi connectivity index (χ3v) is 12.4. The van der Waals surface area contributed by atoms with Gasteiger partial charge in [-0.05, 0) is 84.8 Å². The van der Waals surface area contributed by atoms with Gasteiger partial charge in [0.25, 0.3) is 0 Å². The molecule has 0 amide bonds. The van der Waals surface area contributed by atoms with E-state index < -0.39 is 29.7 Å². The van der Waals surface area contributed by atoms with Crippen molar-refractivity contribution in [2.45, 2.75) is 78.2 Å². The van der Waals surface area contributed by atoms with E-state index >= 15 is 0 Å². The average Bonchev–Trinajstić information content (AvgIpc) is 3.28. The number of nitrogens with one attached hydrogen (secondary N) is 2. The zero-order chi connectivity index (χ0) is 32.9. The number of fused-ring (bicyclic) bond motifs is 3. The van der Waals surface area contributed by atoms with E-state index in [0.29, 0.717) is 28.3 Å². The lowest BCUT2D eigenvalue weighted by molar-refractivity contribution is -0.225. The maximum atomic E-state index is 13.3. The molecule has 10 nitrogen and oxygen atoms in total. The Hall–Kier alpha value is -2.37. The van der Waals surface area contributed by atoms with Gasteiger partial charge < -0.3 is 34.8 Å². The first kappa shape index (κ1) is 34.0. The van der Waals surface area contributed by atoms with E-state index in [0.717, 1.165) is 25.7 Å². The number of hydrogen-bond acceptors (Lipinski definition) is 10. The summed E-state index contributed by atoms with van der Waals surface area (Å²) in [6.45, 7) is 8.85. The molecule has 3 fully saturated rings. The number of anilines is 1. The second-order valence-electron chi connectivity index (χ2n) is 14.3. The summed E-state index contributed by atoms with van der Waals surface area (Å²) in [7, 11) is 3.44. The van der Waals surface area contributed by atoms with Gasteiger partial charge in [0.1, 0.15) is 0 Å². The Morgan fingerprint density at radius 2 is 1.87 bits per heavy atom. The number of ether oxygens (including phenoxy) is 3. The van der Waals surface area contributed by atoms with Gasteiger partial charge in [-0.25, -0.2) is 9.59 Å². The van der Waals surface area contributed by atoms with Crippen molar-refractivity contribution in [3.05, 3.63) is 40.1 Å². The Morgan fingerprint density at radius 1 is 1.16 bits per heavy atom. The minimum Gasteiger partial charge on any atom is -0.502 e. The van der Waals surface area contributed by atoms with E-state index in [-0.39, 0.29) is 66.1 Å². The Morgan fingerprint density at radius 3 is 2.53 bits per heavy atom. The van der Waals surface area contributed by atoms with Crippen molar-refractivity contribution >= 4 is 29.2 Å². The molecule has 3 saturated carbocycles. The Kier molecular flexibility index (Phi) is 9.57. The molecule has 0 radical (unpaired) electrons. The molecule has 45 heavy (non-hydrogen) atoms. The average molecular weight is 649 g/mol. The summed E-state index contributed by atoms with van der Waals surface area (Å²) < 4.78 is 17.6. The highest BCUT2D eigenvalue weighted by molar-refractivity contribution is 6.31. The van der Waals surface area contributed by atoms with Crippen molar-refractivity contribution in [1.82, 2.24) is 5.32 Å². The van der Waals surface area contributed by atoms with E-state index in [1.807, 2.05) is 6.92 Å². The van der Waals surface area contributed by atoms with Gasteiger partial charge in [-0.15, -0.1) is 0 Å². The summed E-state index contributed by atoms with van der Waals surface area (Å²) in [5.41, 5.74) is 0.190. The van der Waals surface area contributed by atoms with Gasteiger partial charge in [-0.2, -0.15) is 0 Å². The molecule has 1 aliphatic heterocycles. The quantitative estimate of drug-likeness (QED) is 0.239. The number of aliphatic hydroxyl groups is 3. The molecule has 0 saturated heterocycles. The number of hydrogen-bond donors (Lipinski definition) is 5. The van der Waals surface area contributed by atoms with Crippen LogP contribution >= 0.6 is 11.6 Å². The summed E-state index contributed by atoms with van der Waals surface area (Å²) in [4.78, 5) is 26.0. The second kappa shape index (κ2) is 12.7. The third kappa shape index (κ3) is 5.54. The summed E-state index contributed by atoms with van der Waals surface area (Å²) in [5.74, 6) is -1.74. The molecule has 1 heterocycles. The highest BCUT2D eigenvalue weighted by Gasteiger charge is 2.67. The molecule has 0 unspecified atom stereocenters. The summed E-state index contributed by atoms with van der Waals surface area (Å²) in [6.07, 6.45) is 2.04. The van der Waals surface area contributed by atoms with Crippen LogP contribution in [0.15, 0.2) is 29.5 Å². The maximum absolute atomic E-state index is 13.3. The molecule has 10 atom stereocenters. The SMILES string of the molecule is CNc1ccc(Cl)cc1C(=O)OC[C@@]1(C)[C@@H]2CC[C@@]3(C)[C@H](C[C@H](OC)[C@@H](C)[C@@H]3C3=C(O)C(=O)O[C@H]3NCCO)[C@@]2(C)CC[C@@H]1O. The maximum Gasteiger partial charge on any atom is 0.375 e. The first-order chi connectivity index (χ1) is 21.3. The van der Waals surface area contributed by atoms with Crippen molar-refractivity contribution in [3.63, 3.8) is 0 Å². The highest BCUT2D eigenvalue weighted by atomic mass is 35.5. The fourth-order valence-corrected chi connectivity index (χ4v) is 10.2.